The largest absolute Gasteiger partial charge is 0.332 e. The van der Waals surface area contributed by atoms with Crippen LogP contribution in [-0.4, -0.2) is 28.4 Å². The molecular formula is C10H13N5O2S. The van der Waals surface area contributed by atoms with Gasteiger partial charge in [0.15, 0.2) is 5.03 Å². The van der Waals surface area contributed by atoms with Gasteiger partial charge in [0.1, 0.15) is 12.2 Å². The van der Waals surface area contributed by atoms with Crippen molar-refractivity contribution in [1.82, 2.24) is 24.7 Å². The Labute approximate surface area is 105 Å². The maximum Gasteiger partial charge on any atom is 0.257 e. The summed E-state index contributed by atoms with van der Waals surface area (Å²) in [6, 6.07) is 1.65. The fraction of sp³-hybridized carbons (Fsp3) is 0.300. The molecule has 2 aromatic rings. The van der Waals surface area contributed by atoms with Crippen molar-refractivity contribution < 1.29 is 8.42 Å². The summed E-state index contributed by atoms with van der Waals surface area (Å²) in [5.41, 5.74) is 0.601. The summed E-state index contributed by atoms with van der Waals surface area (Å²) in [6.45, 7) is 2.01. The van der Waals surface area contributed by atoms with E-state index in [1.807, 2.05) is 6.92 Å². The molecule has 2 rings (SSSR count). The number of aromatic amines is 1. The summed E-state index contributed by atoms with van der Waals surface area (Å²) in [5.74, 6) is 0.636. The molecule has 0 fully saturated rings. The Bertz CT molecular complexity index is 608. The van der Waals surface area contributed by atoms with E-state index in [-0.39, 0.29) is 11.6 Å². The summed E-state index contributed by atoms with van der Waals surface area (Å²) in [6.07, 6.45) is 4.89. The molecule has 0 unspecified atom stereocenters. The van der Waals surface area contributed by atoms with Crippen molar-refractivity contribution in [3.05, 3.63) is 36.3 Å². The van der Waals surface area contributed by atoms with Crippen molar-refractivity contribution in [2.75, 3.05) is 0 Å². The van der Waals surface area contributed by atoms with Gasteiger partial charge in [0, 0.05) is 12.6 Å². The smallest absolute Gasteiger partial charge is 0.257 e. The summed E-state index contributed by atoms with van der Waals surface area (Å²) in [5, 5.41) is 0.0633. The standard InChI is InChI=1S/C10H13N5O2S/c1-2-9-12-6-10(15-9)18(16,17)14-5-8-3-4-11-7-13-8/h3-4,6-7,14H,2,5H2,1H3,(H,12,15). The Kier molecular flexibility index (Phi) is 3.68. The van der Waals surface area contributed by atoms with Gasteiger partial charge in [-0.15, -0.1) is 0 Å². The number of rotatable bonds is 5. The molecule has 2 N–H and O–H groups in total. The Balaban J connectivity index is 2.08. The van der Waals surface area contributed by atoms with Gasteiger partial charge in [0.05, 0.1) is 18.4 Å². The number of sulfonamides is 1. The van der Waals surface area contributed by atoms with E-state index in [2.05, 4.69) is 24.7 Å². The first-order valence-electron chi connectivity index (χ1n) is 5.40. The molecule has 2 aromatic heterocycles. The van der Waals surface area contributed by atoms with Crippen LogP contribution in [0.4, 0.5) is 0 Å². The van der Waals surface area contributed by atoms with Gasteiger partial charge >= 0.3 is 0 Å². The summed E-state index contributed by atoms with van der Waals surface area (Å²) in [4.78, 5) is 14.4. The molecule has 0 spiro atoms. The van der Waals surface area contributed by atoms with Crippen molar-refractivity contribution in [2.24, 2.45) is 0 Å². The third kappa shape index (κ3) is 2.90. The van der Waals surface area contributed by atoms with E-state index in [9.17, 15) is 8.42 Å². The Hall–Kier alpha value is -1.80. The van der Waals surface area contributed by atoms with Crippen molar-refractivity contribution >= 4 is 10.0 Å². The lowest BCUT2D eigenvalue weighted by atomic mass is 10.4. The van der Waals surface area contributed by atoms with Crippen LogP contribution in [0, 0.1) is 0 Å². The molecule has 0 radical (unpaired) electrons. The molecule has 0 amide bonds. The number of nitrogens with zero attached hydrogens (tertiary/aromatic N) is 3. The minimum atomic E-state index is -3.58. The highest BCUT2D eigenvalue weighted by Crippen LogP contribution is 2.06. The molecule has 0 saturated heterocycles. The van der Waals surface area contributed by atoms with Crippen molar-refractivity contribution in [3.63, 3.8) is 0 Å². The van der Waals surface area contributed by atoms with Gasteiger partial charge in [-0.1, -0.05) is 6.92 Å². The van der Waals surface area contributed by atoms with Gasteiger partial charge in [-0.3, -0.25) is 0 Å². The lowest BCUT2D eigenvalue weighted by Crippen LogP contribution is -2.24. The molecular weight excluding hydrogens is 254 g/mol. The average molecular weight is 267 g/mol. The molecule has 96 valence electrons. The topological polar surface area (TPSA) is 101 Å². The molecule has 0 bridgehead atoms. The molecule has 0 aliphatic carbocycles. The van der Waals surface area contributed by atoms with Crippen LogP contribution >= 0.6 is 0 Å². The zero-order valence-corrected chi connectivity index (χ0v) is 10.6. The lowest BCUT2D eigenvalue weighted by Gasteiger charge is -2.03. The highest BCUT2D eigenvalue weighted by Gasteiger charge is 2.16. The molecule has 8 heteroatoms. The number of hydrogen-bond acceptors (Lipinski definition) is 5. The van der Waals surface area contributed by atoms with E-state index in [0.717, 1.165) is 0 Å². The second-order valence-corrected chi connectivity index (χ2v) is 5.31. The maximum atomic E-state index is 11.9. The van der Waals surface area contributed by atoms with Crippen LogP contribution in [0.5, 0.6) is 0 Å². The lowest BCUT2D eigenvalue weighted by molar-refractivity contribution is 0.577. The van der Waals surface area contributed by atoms with Crippen LogP contribution in [0.1, 0.15) is 18.4 Å². The van der Waals surface area contributed by atoms with Gasteiger partial charge in [-0.2, -0.15) is 0 Å². The average Bonchev–Trinajstić information content (AvgIpc) is 2.87. The van der Waals surface area contributed by atoms with Crippen LogP contribution in [-0.2, 0) is 23.0 Å². The molecule has 18 heavy (non-hydrogen) atoms. The summed E-state index contributed by atoms with van der Waals surface area (Å²) in [7, 11) is -3.58. The molecule has 0 saturated carbocycles. The van der Waals surface area contributed by atoms with E-state index >= 15 is 0 Å². The predicted octanol–water partition coefficient (Wildman–Crippen LogP) is 0.241. The Morgan fingerprint density at radius 3 is 2.83 bits per heavy atom. The zero-order valence-electron chi connectivity index (χ0n) is 9.79. The number of aryl methyl sites for hydroxylation is 1. The van der Waals surface area contributed by atoms with Crippen LogP contribution < -0.4 is 4.72 Å². The maximum absolute atomic E-state index is 11.9. The minimum Gasteiger partial charge on any atom is -0.332 e. The van der Waals surface area contributed by atoms with E-state index in [4.69, 9.17) is 0 Å². The first-order chi connectivity index (χ1) is 8.62. The highest BCUT2D eigenvalue weighted by atomic mass is 32.2. The van der Waals surface area contributed by atoms with E-state index in [0.29, 0.717) is 17.9 Å². The number of hydrogen-bond donors (Lipinski definition) is 2. The number of nitrogens with one attached hydrogen (secondary N) is 2. The second-order valence-electron chi connectivity index (χ2n) is 3.57. The van der Waals surface area contributed by atoms with E-state index in [1.165, 1.54) is 12.5 Å². The first kappa shape index (κ1) is 12.7. The van der Waals surface area contributed by atoms with Crippen molar-refractivity contribution in [3.8, 4) is 0 Å². The third-order valence-corrected chi connectivity index (χ3v) is 3.63. The molecule has 0 aliphatic heterocycles. The number of imidazole rings is 1. The summed E-state index contributed by atoms with van der Waals surface area (Å²) < 4.78 is 26.3. The SMILES string of the molecule is CCc1ncc(S(=O)(=O)NCc2ccncn2)[nH]1. The van der Waals surface area contributed by atoms with Crippen molar-refractivity contribution in [1.29, 1.82) is 0 Å². The fourth-order valence-corrected chi connectivity index (χ4v) is 2.27. The van der Waals surface area contributed by atoms with Crippen LogP contribution in [0.2, 0.25) is 0 Å². The molecule has 2 heterocycles. The molecule has 0 aliphatic rings. The normalized spacial score (nSPS) is 11.6. The van der Waals surface area contributed by atoms with Crippen LogP contribution in [0.25, 0.3) is 0 Å². The molecule has 0 aromatic carbocycles. The molecule has 0 atom stereocenters. The number of H-pyrrole nitrogens is 1. The Morgan fingerprint density at radius 2 is 2.22 bits per heavy atom. The van der Waals surface area contributed by atoms with Gasteiger partial charge < -0.3 is 4.98 Å². The van der Waals surface area contributed by atoms with E-state index in [1.54, 1.807) is 12.3 Å². The quantitative estimate of drug-likeness (QED) is 0.808. The van der Waals surface area contributed by atoms with E-state index < -0.39 is 10.0 Å². The summed E-state index contributed by atoms with van der Waals surface area (Å²) >= 11 is 0. The van der Waals surface area contributed by atoms with Gasteiger partial charge in [0.25, 0.3) is 10.0 Å². The Morgan fingerprint density at radius 1 is 1.39 bits per heavy atom. The number of aromatic nitrogens is 4. The third-order valence-electron chi connectivity index (χ3n) is 2.32. The predicted molar refractivity (Wildman–Crippen MR) is 64.0 cm³/mol. The van der Waals surface area contributed by atoms with Gasteiger partial charge in [-0.25, -0.2) is 28.1 Å². The molecule has 7 nitrogen and oxygen atoms in total. The minimum absolute atomic E-state index is 0.0633. The zero-order chi connectivity index (χ0) is 13.0. The van der Waals surface area contributed by atoms with Crippen LogP contribution in [0.3, 0.4) is 0 Å². The monoisotopic (exact) mass is 267 g/mol. The second kappa shape index (κ2) is 5.23. The highest BCUT2D eigenvalue weighted by molar-refractivity contribution is 7.89. The van der Waals surface area contributed by atoms with Gasteiger partial charge in [0.2, 0.25) is 0 Å². The van der Waals surface area contributed by atoms with Crippen molar-refractivity contribution in [2.45, 2.75) is 24.9 Å². The van der Waals surface area contributed by atoms with Gasteiger partial charge in [-0.05, 0) is 6.07 Å². The van der Waals surface area contributed by atoms with Crippen LogP contribution in [0.15, 0.2) is 29.8 Å². The first-order valence-corrected chi connectivity index (χ1v) is 6.88. The fourth-order valence-electron chi connectivity index (χ4n) is 1.33.